The number of aromatic nitrogens is 3. The van der Waals surface area contributed by atoms with Gasteiger partial charge in [-0.2, -0.15) is 5.10 Å². The van der Waals surface area contributed by atoms with Gasteiger partial charge in [0.1, 0.15) is 11.5 Å². The molecular formula is C31H43FN6O3. The number of rotatable bonds is 5. The number of imidazole rings is 1. The zero-order valence-corrected chi connectivity index (χ0v) is 25.3. The maximum Gasteiger partial charge on any atom is 0.177 e. The number of nitrogens with zero attached hydrogens (tertiary/aromatic N) is 6. The van der Waals surface area contributed by atoms with Crippen LogP contribution in [0.3, 0.4) is 0 Å². The molecule has 222 valence electrons. The summed E-state index contributed by atoms with van der Waals surface area (Å²) in [5.74, 6) is -0.295. The molecule has 41 heavy (non-hydrogen) atoms. The van der Waals surface area contributed by atoms with E-state index in [0.29, 0.717) is 23.3 Å². The lowest BCUT2D eigenvalue weighted by Crippen LogP contribution is -2.58. The molecule has 0 bridgehead atoms. The van der Waals surface area contributed by atoms with Crippen molar-refractivity contribution in [2.24, 2.45) is 0 Å². The number of likely N-dealkylation sites (N-methyl/N-ethyl adjacent to an activating group) is 1. The fourth-order valence-electron chi connectivity index (χ4n) is 5.26. The lowest BCUT2D eigenvalue weighted by molar-refractivity contribution is -0.00517. The Hall–Kier alpha value is -3.34. The second-order valence-electron chi connectivity index (χ2n) is 12.3. The van der Waals surface area contributed by atoms with Crippen LogP contribution in [0.2, 0.25) is 0 Å². The van der Waals surface area contributed by atoms with E-state index in [4.69, 9.17) is 4.74 Å². The number of carbonyl (C=O) groups excluding carboxylic acids is 1. The normalized spacial score (nSPS) is 21.4. The summed E-state index contributed by atoms with van der Waals surface area (Å²) in [6.45, 7) is 20.4. The predicted octanol–water partition coefficient (Wildman–Crippen LogP) is 4.26. The smallest absolute Gasteiger partial charge is 0.177 e. The molecule has 0 radical (unpaired) electrons. The van der Waals surface area contributed by atoms with Crippen molar-refractivity contribution in [2.75, 3.05) is 44.7 Å². The number of morpholine rings is 1. The summed E-state index contributed by atoms with van der Waals surface area (Å²) in [7, 11) is 2.14. The van der Waals surface area contributed by atoms with E-state index in [0.717, 1.165) is 49.7 Å². The Morgan fingerprint density at radius 2 is 1.80 bits per heavy atom. The average molecular weight is 567 g/mol. The number of benzene rings is 1. The topological polar surface area (TPSA) is 86.4 Å². The lowest BCUT2D eigenvalue weighted by Gasteiger charge is -2.48. The van der Waals surface area contributed by atoms with Gasteiger partial charge in [0, 0.05) is 49.5 Å². The molecule has 2 fully saturated rings. The van der Waals surface area contributed by atoms with Crippen molar-refractivity contribution in [3.63, 3.8) is 0 Å². The van der Waals surface area contributed by atoms with E-state index in [1.54, 1.807) is 36.7 Å². The zero-order valence-electron chi connectivity index (χ0n) is 25.3. The Bertz CT molecular complexity index is 1370. The third-order valence-electron chi connectivity index (χ3n) is 7.85. The summed E-state index contributed by atoms with van der Waals surface area (Å²) in [6.07, 6.45) is 2.48. The third kappa shape index (κ3) is 7.12. The summed E-state index contributed by atoms with van der Waals surface area (Å²) >= 11 is 0. The van der Waals surface area contributed by atoms with Crippen molar-refractivity contribution in [2.45, 2.75) is 64.9 Å². The van der Waals surface area contributed by atoms with Gasteiger partial charge >= 0.3 is 0 Å². The van der Waals surface area contributed by atoms with Crippen molar-refractivity contribution < 1.29 is 19.0 Å². The highest BCUT2D eigenvalue weighted by Crippen LogP contribution is 2.29. The Morgan fingerprint density at radius 3 is 2.37 bits per heavy atom. The highest BCUT2D eigenvalue weighted by molar-refractivity contribution is 5.79. The van der Waals surface area contributed by atoms with Crippen molar-refractivity contribution >= 4 is 17.6 Å². The van der Waals surface area contributed by atoms with Gasteiger partial charge in [0.25, 0.3) is 0 Å². The molecule has 10 heteroatoms. The molecule has 1 aromatic carbocycles. The van der Waals surface area contributed by atoms with Gasteiger partial charge in [-0.3, -0.25) is 9.69 Å². The number of piperazine rings is 1. The molecule has 2 aliphatic rings. The lowest BCUT2D eigenvalue weighted by atomic mass is 9.96. The van der Waals surface area contributed by atoms with Crippen molar-refractivity contribution in [1.82, 2.24) is 24.4 Å². The number of carbonyl (C=O) groups is 1. The molecule has 2 unspecified atom stereocenters. The van der Waals surface area contributed by atoms with Crippen LogP contribution in [0.4, 0.5) is 10.1 Å². The highest BCUT2D eigenvalue weighted by atomic mass is 19.1. The molecule has 3 aromatic rings. The Morgan fingerprint density at radius 1 is 1.17 bits per heavy atom. The second kappa shape index (κ2) is 11.9. The fraction of sp³-hybridized carbons (Fsp3) is 0.516. The average Bonchev–Trinajstić information content (AvgIpc) is 3.32. The van der Waals surface area contributed by atoms with Crippen LogP contribution >= 0.6 is 0 Å². The quantitative estimate of drug-likeness (QED) is 0.459. The second-order valence-corrected chi connectivity index (χ2v) is 12.3. The number of hydrogen-bond donors (Lipinski definition) is 1. The summed E-state index contributed by atoms with van der Waals surface area (Å²) in [6, 6.07) is 8.13. The molecule has 2 atom stereocenters. The first-order chi connectivity index (χ1) is 19.2. The first-order valence-electron chi connectivity index (χ1n) is 14.1. The standard InChI is InChI=1S/C19H19FN4O2.C12H24N2O/c1-12-8-23(9-13(2)26-12)18-7-17(14-3-5-15(20)6-4-14)22-24-10-16(11-25)21-19(18)24;1-10(12(4,5)15)14-8-7-13(6)11(2,3)9-14/h3-7,10-13H,8-9H2,1-2H3;15H,1,7-9H2,2-6H3. The van der Waals surface area contributed by atoms with Gasteiger partial charge in [0.05, 0.1) is 35.4 Å². The maximum absolute atomic E-state index is 13.3. The number of aliphatic hydroxyl groups is 1. The van der Waals surface area contributed by atoms with E-state index in [-0.39, 0.29) is 23.6 Å². The van der Waals surface area contributed by atoms with Gasteiger partial charge in [-0.15, -0.1) is 0 Å². The van der Waals surface area contributed by atoms with E-state index in [2.05, 4.69) is 52.3 Å². The summed E-state index contributed by atoms with van der Waals surface area (Å²) < 4.78 is 20.7. The van der Waals surface area contributed by atoms with Gasteiger partial charge in [0.15, 0.2) is 11.9 Å². The Kier molecular flexibility index (Phi) is 8.87. The van der Waals surface area contributed by atoms with Crippen molar-refractivity contribution in [1.29, 1.82) is 0 Å². The minimum atomic E-state index is -0.814. The minimum absolute atomic E-state index is 0.0849. The number of halogens is 1. The van der Waals surface area contributed by atoms with E-state index >= 15 is 0 Å². The van der Waals surface area contributed by atoms with E-state index in [9.17, 15) is 14.3 Å². The van der Waals surface area contributed by atoms with E-state index in [1.165, 1.54) is 12.1 Å². The molecule has 2 aromatic heterocycles. The number of ether oxygens (including phenoxy) is 1. The monoisotopic (exact) mass is 566 g/mol. The molecule has 2 aliphatic heterocycles. The van der Waals surface area contributed by atoms with Crippen molar-refractivity contribution in [3.05, 3.63) is 60.3 Å². The Balaban J connectivity index is 0.000000221. The molecule has 2 saturated heterocycles. The molecule has 4 heterocycles. The molecule has 0 amide bonds. The van der Waals surface area contributed by atoms with Gasteiger partial charge in [-0.1, -0.05) is 6.58 Å². The van der Waals surface area contributed by atoms with Crippen LogP contribution in [0.25, 0.3) is 16.9 Å². The van der Waals surface area contributed by atoms with Crippen LogP contribution in [0, 0.1) is 5.82 Å². The molecule has 5 rings (SSSR count). The van der Waals surface area contributed by atoms with E-state index < -0.39 is 5.60 Å². The largest absolute Gasteiger partial charge is 0.384 e. The van der Waals surface area contributed by atoms with Crippen LogP contribution in [0.1, 0.15) is 52.0 Å². The highest BCUT2D eigenvalue weighted by Gasteiger charge is 2.34. The van der Waals surface area contributed by atoms with Crippen LogP contribution in [0.15, 0.2) is 48.8 Å². The zero-order chi connectivity index (χ0) is 30.1. The first kappa shape index (κ1) is 30.6. The maximum atomic E-state index is 13.3. The van der Waals surface area contributed by atoms with E-state index in [1.807, 2.05) is 19.9 Å². The van der Waals surface area contributed by atoms with Crippen LogP contribution in [-0.2, 0) is 4.74 Å². The predicted molar refractivity (Wildman–Crippen MR) is 160 cm³/mol. The molecule has 1 N–H and O–H groups in total. The number of aldehydes is 1. The molecule has 0 saturated carbocycles. The number of hydrogen-bond acceptors (Lipinski definition) is 8. The summed E-state index contributed by atoms with van der Waals surface area (Å²) in [4.78, 5) is 22.3. The molecule has 9 nitrogen and oxygen atoms in total. The Labute approximate surface area is 242 Å². The third-order valence-corrected chi connectivity index (χ3v) is 7.85. The van der Waals surface area contributed by atoms with Gasteiger partial charge in [-0.25, -0.2) is 13.9 Å². The number of anilines is 1. The molecule has 0 spiro atoms. The van der Waals surface area contributed by atoms with Gasteiger partial charge < -0.3 is 19.6 Å². The SMILES string of the molecule is C=C(N1CCN(C)C(C)(C)C1)C(C)(C)O.CC1CN(c2cc(-c3ccc(F)cc3)nn3cc(C=O)nc23)CC(C)O1. The molecular weight excluding hydrogens is 523 g/mol. The van der Waals surface area contributed by atoms with Gasteiger partial charge in [-0.05, 0) is 78.9 Å². The summed E-state index contributed by atoms with van der Waals surface area (Å²) in [5, 5.41) is 14.5. The van der Waals surface area contributed by atoms with Gasteiger partial charge in [0.2, 0.25) is 0 Å². The van der Waals surface area contributed by atoms with Crippen LogP contribution in [0.5, 0.6) is 0 Å². The minimum Gasteiger partial charge on any atom is -0.384 e. The first-order valence-corrected chi connectivity index (χ1v) is 14.1. The van der Waals surface area contributed by atoms with Crippen LogP contribution < -0.4 is 4.90 Å². The number of fused-ring (bicyclic) bond motifs is 1. The van der Waals surface area contributed by atoms with Crippen LogP contribution in [-0.4, -0.2) is 98.9 Å². The fourth-order valence-corrected chi connectivity index (χ4v) is 5.26. The molecule has 0 aliphatic carbocycles. The van der Waals surface area contributed by atoms with Crippen molar-refractivity contribution in [3.8, 4) is 11.3 Å². The summed E-state index contributed by atoms with van der Waals surface area (Å²) in [5.41, 5.74) is 3.47.